The summed E-state index contributed by atoms with van der Waals surface area (Å²) in [6.45, 7) is 0. The van der Waals surface area contributed by atoms with Gasteiger partial charge in [0, 0.05) is 6.42 Å². The fourth-order valence-corrected chi connectivity index (χ4v) is 1.11. The van der Waals surface area contributed by atoms with Crippen LogP contribution in [0.4, 0.5) is 0 Å². The Bertz CT molecular complexity index is 299. The summed E-state index contributed by atoms with van der Waals surface area (Å²) in [6.07, 6.45) is 0.0448. The fraction of sp³-hybridized carbons (Fsp3) is 0.222. The largest absolute Gasteiger partial charge is 0.480 e. The number of hydroxylamine groups is 2. The van der Waals surface area contributed by atoms with E-state index in [4.69, 9.17) is 15.5 Å². The normalized spacial score (nSPS) is 12.8. The van der Waals surface area contributed by atoms with Crippen LogP contribution in [0.2, 0.25) is 0 Å². The van der Waals surface area contributed by atoms with Gasteiger partial charge >= 0.3 is 5.97 Å². The maximum absolute atomic E-state index is 10.6. The zero-order chi connectivity index (χ0) is 10.6. The van der Waals surface area contributed by atoms with Crippen molar-refractivity contribution in [1.82, 2.24) is 5.23 Å². The molecular formula is C9H11NO4. The Morgan fingerprint density at radius 1 is 1.29 bits per heavy atom. The Labute approximate surface area is 80.7 Å². The molecule has 0 fully saturated rings. The van der Waals surface area contributed by atoms with Crippen molar-refractivity contribution in [2.24, 2.45) is 0 Å². The summed E-state index contributed by atoms with van der Waals surface area (Å²) in [5.74, 6) is -1.28. The van der Waals surface area contributed by atoms with Crippen LogP contribution in [0.25, 0.3) is 0 Å². The highest BCUT2D eigenvalue weighted by Crippen LogP contribution is 2.06. The van der Waals surface area contributed by atoms with Gasteiger partial charge in [-0.2, -0.15) is 0 Å². The van der Waals surface area contributed by atoms with Gasteiger partial charge in [0.2, 0.25) is 0 Å². The highest BCUT2D eigenvalue weighted by Gasteiger charge is 2.23. The molecule has 1 rings (SSSR count). The van der Waals surface area contributed by atoms with E-state index in [-0.39, 0.29) is 11.6 Å². The van der Waals surface area contributed by atoms with Gasteiger partial charge in [-0.3, -0.25) is 15.2 Å². The van der Waals surface area contributed by atoms with Crippen LogP contribution in [0.15, 0.2) is 30.3 Å². The van der Waals surface area contributed by atoms with Gasteiger partial charge in [0.1, 0.15) is 0 Å². The lowest BCUT2D eigenvalue weighted by Gasteiger charge is -2.15. The second-order valence-electron chi connectivity index (χ2n) is 2.86. The lowest BCUT2D eigenvalue weighted by Crippen LogP contribution is -2.38. The van der Waals surface area contributed by atoms with Crippen molar-refractivity contribution in [2.45, 2.75) is 12.5 Å². The molecule has 5 heteroatoms. The Kier molecular flexibility index (Phi) is 3.58. The maximum Gasteiger partial charge on any atom is 0.326 e. The molecule has 0 unspecified atom stereocenters. The van der Waals surface area contributed by atoms with E-state index in [1.807, 2.05) is 0 Å². The molecule has 3 N–H and O–H groups in total. The number of carboxylic acid groups (broad SMARTS) is 1. The molecule has 5 nitrogen and oxygen atoms in total. The van der Waals surface area contributed by atoms with Crippen LogP contribution in [-0.2, 0) is 11.2 Å². The number of benzene rings is 1. The third-order valence-electron chi connectivity index (χ3n) is 1.84. The molecule has 0 aromatic heterocycles. The number of aliphatic carboxylic acids is 1. The topological polar surface area (TPSA) is 81.0 Å². The summed E-state index contributed by atoms with van der Waals surface area (Å²) in [7, 11) is 0. The number of carbonyl (C=O) groups is 1. The smallest absolute Gasteiger partial charge is 0.326 e. The Morgan fingerprint density at radius 2 is 1.86 bits per heavy atom. The van der Waals surface area contributed by atoms with Gasteiger partial charge in [0.15, 0.2) is 6.04 Å². The highest BCUT2D eigenvalue weighted by atomic mass is 16.8. The van der Waals surface area contributed by atoms with Gasteiger partial charge in [0.25, 0.3) is 0 Å². The van der Waals surface area contributed by atoms with E-state index < -0.39 is 12.0 Å². The Balaban J connectivity index is 2.70. The number of hydrogen-bond acceptors (Lipinski definition) is 4. The summed E-state index contributed by atoms with van der Waals surface area (Å²) < 4.78 is 0. The summed E-state index contributed by atoms with van der Waals surface area (Å²) in [6, 6.07) is 7.42. The molecule has 1 aromatic carbocycles. The second kappa shape index (κ2) is 4.71. The summed E-state index contributed by atoms with van der Waals surface area (Å²) >= 11 is 0. The van der Waals surface area contributed by atoms with Gasteiger partial charge < -0.3 is 5.11 Å². The first-order valence-corrected chi connectivity index (χ1v) is 4.05. The standard InChI is InChI=1S/C9H11NO4/c11-9(12)8(10(13)14)6-7-4-2-1-3-5-7/h1-5,8,13-14H,6H2,(H,11,12)/t8-/m1/s1. The molecule has 76 valence electrons. The minimum atomic E-state index is -1.34. The SMILES string of the molecule is O=C(O)[C@@H](Cc1ccccc1)N(O)O. The summed E-state index contributed by atoms with van der Waals surface area (Å²) in [5, 5.41) is 25.7. The Hall–Kier alpha value is -1.43. The third kappa shape index (κ3) is 2.81. The van der Waals surface area contributed by atoms with E-state index >= 15 is 0 Å². The van der Waals surface area contributed by atoms with Crippen LogP contribution in [0, 0.1) is 0 Å². The molecule has 0 amide bonds. The number of hydrogen-bond donors (Lipinski definition) is 3. The first-order chi connectivity index (χ1) is 6.61. The van der Waals surface area contributed by atoms with Gasteiger partial charge in [-0.1, -0.05) is 35.6 Å². The van der Waals surface area contributed by atoms with Gasteiger partial charge in [-0.25, -0.2) is 0 Å². The van der Waals surface area contributed by atoms with E-state index in [0.29, 0.717) is 0 Å². The molecule has 0 aliphatic heterocycles. The predicted octanol–water partition coefficient (Wildman–Crippen LogP) is 0.763. The van der Waals surface area contributed by atoms with Crippen LogP contribution < -0.4 is 0 Å². The molecule has 0 bridgehead atoms. The quantitative estimate of drug-likeness (QED) is 0.621. The lowest BCUT2D eigenvalue weighted by atomic mass is 10.1. The number of rotatable bonds is 4. The van der Waals surface area contributed by atoms with Crippen molar-refractivity contribution in [2.75, 3.05) is 0 Å². The molecule has 1 aromatic rings. The average molecular weight is 197 g/mol. The zero-order valence-electron chi connectivity index (χ0n) is 7.37. The fourth-order valence-electron chi connectivity index (χ4n) is 1.11. The summed E-state index contributed by atoms with van der Waals surface area (Å²) in [5.41, 5.74) is 0.730. The molecule has 1 atom stereocenters. The van der Waals surface area contributed by atoms with E-state index in [9.17, 15) is 4.79 Å². The molecule has 0 aliphatic rings. The zero-order valence-corrected chi connectivity index (χ0v) is 7.37. The molecule has 0 aliphatic carbocycles. The Morgan fingerprint density at radius 3 is 2.29 bits per heavy atom. The van der Waals surface area contributed by atoms with Crippen molar-refractivity contribution in [3.05, 3.63) is 35.9 Å². The van der Waals surface area contributed by atoms with Crippen LogP contribution in [0.3, 0.4) is 0 Å². The first-order valence-electron chi connectivity index (χ1n) is 4.05. The highest BCUT2D eigenvalue weighted by molar-refractivity contribution is 5.73. The molecule has 0 saturated carbocycles. The van der Waals surface area contributed by atoms with Crippen LogP contribution in [-0.4, -0.2) is 32.8 Å². The third-order valence-corrected chi connectivity index (χ3v) is 1.84. The molecule has 0 spiro atoms. The number of nitrogens with zero attached hydrogens (tertiary/aromatic N) is 1. The second-order valence-corrected chi connectivity index (χ2v) is 2.86. The van der Waals surface area contributed by atoms with Crippen LogP contribution in [0.5, 0.6) is 0 Å². The van der Waals surface area contributed by atoms with Crippen molar-refractivity contribution < 1.29 is 20.3 Å². The minimum absolute atomic E-state index is 0.0448. The molecule has 0 saturated heterocycles. The molecule has 0 radical (unpaired) electrons. The minimum Gasteiger partial charge on any atom is -0.480 e. The van der Waals surface area contributed by atoms with Gasteiger partial charge in [0.05, 0.1) is 0 Å². The van der Waals surface area contributed by atoms with Crippen molar-refractivity contribution in [3.63, 3.8) is 0 Å². The van der Waals surface area contributed by atoms with Gasteiger partial charge in [-0.05, 0) is 5.56 Å². The molecular weight excluding hydrogens is 186 g/mol. The van der Waals surface area contributed by atoms with E-state index in [2.05, 4.69) is 0 Å². The monoisotopic (exact) mass is 197 g/mol. The summed E-state index contributed by atoms with van der Waals surface area (Å²) in [4.78, 5) is 10.6. The van der Waals surface area contributed by atoms with Crippen molar-refractivity contribution in [1.29, 1.82) is 0 Å². The first kappa shape index (κ1) is 10.6. The molecule has 14 heavy (non-hydrogen) atoms. The maximum atomic E-state index is 10.6. The van der Waals surface area contributed by atoms with E-state index in [1.165, 1.54) is 0 Å². The van der Waals surface area contributed by atoms with Crippen LogP contribution >= 0.6 is 0 Å². The van der Waals surface area contributed by atoms with Crippen LogP contribution in [0.1, 0.15) is 5.56 Å². The number of carboxylic acids is 1. The average Bonchev–Trinajstić information content (AvgIpc) is 2.15. The van der Waals surface area contributed by atoms with E-state index in [0.717, 1.165) is 5.56 Å². The lowest BCUT2D eigenvalue weighted by molar-refractivity contribution is -0.327. The molecule has 0 heterocycles. The predicted molar refractivity (Wildman–Crippen MR) is 47.0 cm³/mol. The van der Waals surface area contributed by atoms with E-state index in [1.54, 1.807) is 30.3 Å². The van der Waals surface area contributed by atoms with Crippen molar-refractivity contribution >= 4 is 5.97 Å². The van der Waals surface area contributed by atoms with Crippen molar-refractivity contribution in [3.8, 4) is 0 Å². The van der Waals surface area contributed by atoms with Gasteiger partial charge in [-0.15, -0.1) is 0 Å².